The van der Waals surface area contributed by atoms with Gasteiger partial charge in [0.1, 0.15) is 11.2 Å². The van der Waals surface area contributed by atoms with Crippen molar-refractivity contribution in [1.29, 1.82) is 0 Å². The van der Waals surface area contributed by atoms with Crippen molar-refractivity contribution in [1.82, 2.24) is 0 Å². The highest BCUT2D eigenvalue weighted by Crippen LogP contribution is 2.45. The maximum atomic E-state index is 6.16. The Hall–Kier alpha value is -8.00. The third-order valence-electron chi connectivity index (χ3n) is 12.8. The Morgan fingerprint density at radius 3 is 1.58 bits per heavy atom. The second-order valence-electron chi connectivity index (χ2n) is 16.3. The molecule has 0 aliphatic rings. The zero-order valence-electron chi connectivity index (χ0n) is 34.3. The molecule has 1 heteroatoms. The quantitative estimate of drug-likeness (QED) is 0.121. The van der Waals surface area contributed by atoms with Crippen LogP contribution in [0.25, 0.3) is 126 Å². The molecule has 1 aromatic heterocycles. The second-order valence-corrected chi connectivity index (χ2v) is 16.3. The van der Waals surface area contributed by atoms with Crippen LogP contribution in [-0.4, -0.2) is 0 Å². The van der Waals surface area contributed by atoms with Crippen molar-refractivity contribution < 1.29 is 4.42 Å². The van der Waals surface area contributed by atoms with E-state index in [0.29, 0.717) is 0 Å². The number of allylic oxidation sites excluding steroid dienone is 3. The predicted octanol–water partition coefficient (Wildman–Crippen LogP) is 17.6. The summed E-state index contributed by atoms with van der Waals surface area (Å²) in [5.74, 6) is 0. The van der Waals surface area contributed by atoms with Gasteiger partial charge in [-0.15, -0.1) is 0 Å². The summed E-state index contributed by atoms with van der Waals surface area (Å²) in [6, 6.07) is 73.4. The Kier molecular flexibility index (Phi) is 8.47. The summed E-state index contributed by atoms with van der Waals surface area (Å²) in [5.41, 5.74) is 12.6. The molecule has 1 heterocycles. The van der Waals surface area contributed by atoms with Gasteiger partial charge in [0.05, 0.1) is 0 Å². The Labute approximate surface area is 360 Å². The molecule has 290 valence electrons. The summed E-state index contributed by atoms with van der Waals surface area (Å²) in [5, 5.41) is 15.0. The van der Waals surface area contributed by atoms with Crippen molar-refractivity contribution in [2.45, 2.75) is 6.92 Å². The van der Waals surface area contributed by atoms with E-state index in [1.54, 1.807) is 0 Å². The van der Waals surface area contributed by atoms with E-state index < -0.39 is 0 Å². The fourth-order valence-electron chi connectivity index (χ4n) is 9.95. The Morgan fingerprint density at radius 1 is 0.323 bits per heavy atom. The van der Waals surface area contributed by atoms with E-state index in [1.165, 1.54) is 104 Å². The van der Waals surface area contributed by atoms with Crippen LogP contribution in [0.1, 0.15) is 12.5 Å². The Balaban J connectivity index is 1.01. The summed E-state index contributed by atoms with van der Waals surface area (Å²) < 4.78 is 6.16. The molecular weight excluding hydrogens is 749 g/mol. The topological polar surface area (TPSA) is 13.1 Å². The standard InChI is InChI=1S/C61H40O/c1-2-3-4-16-44-37-54(43-18-15-17-41(35-43)42-33-34-59-56(36-42)50-24-13-14-28-58(50)62-59)48-22-8-10-25-51(48)60(44)40-31-29-39(30-32-40)55-38-57-47-21-6-5-19-45(47)46-20-7-11-26-52(46)61(57)53-27-12-9-23-49(53)55/h2-38H,1H3/b3-2-,16-4-. The molecule has 0 atom stereocenters. The van der Waals surface area contributed by atoms with E-state index in [2.05, 4.69) is 219 Å². The lowest BCUT2D eigenvalue weighted by molar-refractivity contribution is 0.669. The number of furan rings is 1. The molecule has 12 rings (SSSR count). The SMILES string of the molecule is C/C=C\C=C/c1cc(-c2cccc(-c3ccc4oc5ccccc5c4c3)c2)c2ccccc2c1-c1ccc(-c2cc3c4ccccc4c4ccccc4c3c3ccccc23)cc1. The fourth-order valence-corrected chi connectivity index (χ4v) is 9.95. The van der Waals surface area contributed by atoms with Crippen LogP contribution in [0.4, 0.5) is 0 Å². The van der Waals surface area contributed by atoms with E-state index in [4.69, 9.17) is 4.42 Å². The minimum absolute atomic E-state index is 0.909. The molecule has 0 radical (unpaired) electrons. The van der Waals surface area contributed by atoms with Crippen LogP contribution in [0.5, 0.6) is 0 Å². The number of para-hydroxylation sites is 1. The van der Waals surface area contributed by atoms with Gasteiger partial charge in [-0.05, 0) is 147 Å². The van der Waals surface area contributed by atoms with Crippen LogP contribution in [-0.2, 0) is 0 Å². The van der Waals surface area contributed by atoms with Gasteiger partial charge < -0.3 is 4.42 Å². The molecule has 11 aromatic carbocycles. The summed E-state index contributed by atoms with van der Waals surface area (Å²) in [7, 11) is 0. The van der Waals surface area contributed by atoms with E-state index in [0.717, 1.165) is 21.9 Å². The average molecular weight is 789 g/mol. The third-order valence-corrected chi connectivity index (χ3v) is 12.8. The van der Waals surface area contributed by atoms with Crippen molar-refractivity contribution in [3.8, 4) is 44.5 Å². The summed E-state index contributed by atoms with van der Waals surface area (Å²) in [4.78, 5) is 0. The minimum atomic E-state index is 0.909. The maximum absolute atomic E-state index is 6.16. The lowest BCUT2D eigenvalue weighted by atomic mass is 9.85. The van der Waals surface area contributed by atoms with Gasteiger partial charge in [0, 0.05) is 10.8 Å². The van der Waals surface area contributed by atoms with Crippen molar-refractivity contribution in [2.24, 2.45) is 0 Å². The smallest absolute Gasteiger partial charge is 0.135 e. The molecule has 0 unspecified atom stereocenters. The van der Waals surface area contributed by atoms with Gasteiger partial charge in [-0.3, -0.25) is 0 Å². The van der Waals surface area contributed by atoms with Gasteiger partial charge in [-0.25, -0.2) is 0 Å². The average Bonchev–Trinajstić information content (AvgIpc) is 3.72. The molecule has 12 aromatic rings. The molecular formula is C61H40O. The first-order chi connectivity index (χ1) is 30.7. The molecule has 0 saturated heterocycles. The summed E-state index contributed by atoms with van der Waals surface area (Å²) in [6.45, 7) is 2.06. The number of benzene rings is 11. The highest BCUT2D eigenvalue weighted by atomic mass is 16.3. The molecule has 0 N–H and O–H groups in total. The van der Waals surface area contributed by atoms with E-state index >= 15 is 0 Å². The monoisotopic (exact) mass is 788 g/mol. The predicted molar refractivity (Wildman–Crippen MR) is 267 cm³/mol. The number of hydrogen-bond donors (Lipinski definition) is 0. The Morgan fingerprint density at radius 2 is 0.839 bits per heavy atom. The van der Waals surface area contributed by atoms with Gasteiger partial charge in [0.2, 0.25) is 0 Å². The highest BCUT2D eigenvalue weighted by Gasteiger charge is 2.18. The van der Waals surface area contributed by atoms with Crippen LogP contribution in [0.2, 0.25) is 0 Å². The highest BCUT2D eigenvalue weighted by molar-refractivity contribution is 6.33. The van der Waals surface area contributed by atoms with Gasteiger partial charge in [0.25, 0.3) is 0 Å². The van der Waals surface area contributed by atoms with E-state index in [1.807, 2.05) is 12.1 Å². The number of rotatable bonds is 6. The molecule has 0 fully saturated rings. The van der Waals surface area contributed by atoms with Crippen LogP contribution in [0.15, 0.2) is 223 Å². The van der Waals surface area contributed by atoms with Crippen LogP contribution in [0.3, 0.4) is 0 Å². The molecule has 0 bridgehead atoms. The minimum Gasteiger partial charge on any atom is -0.456 e. The number of hydrogen-bond acceptors (Lipinski definition) is 1. The molecule has 0 saturated carbocycles. The van der Waals surface area contributed by atoms with Gasteiger partial charge in [0.15, 0.2) is 0 Å². The van der Waals surface area contributed by atoms with Crippen LogP contribution < -0.4 is 0 Å². The van der Waals surface area contributed by atoms with Crippen LogP contribution >= 0.6 is 0 Å². The fraction of sp³-hybridized carbons (Fsp3) is 0.0164. The van der Waals surface area contributed by atoms with Gasteiger partial charge >= 0.3 is 0 Å². The van der Waals surface area contributed by atoms with Gasteiger partial charge in [-0.2, -0.15) is 0 Å². The van der Waals surface area contributed by atoms with Crippen molar-refractivity contribution in [3.63, 3.8) is 0 Å². The first kappa shape index (κ1) is 35.9. The lowest BCUT2D eigenvalue weighted by Gasteiger charge is -2.18. The summed E-state index contributed by atoms with van der Waals surface area (Å²) >= 11 is 0. The molecule has 0 amide bonds. The van der Waals surface area contributed by atoms with Crippen molar-refractivity contribution in [3.05, 3.63) is 224 Å². The normalized spacial score (nSPS) is 12.1. The van der Waals surface area contributed by atoms with Gasteiger partial charge in [-0.1, -0.05) is 188 Å². The largest absolute Gasteiger partial charge is 0.456 e. The zero-order chi connectivity index (χ0) is 41.1. The molecule has 0 aliphatic carbocycles. The van der Waals surface area contributed by atoms with Crippen LogP contribution in [0, 0.1) is 0 Å². The van der Waals surface area contributed by atoms with Crippen molar-refractivity contribution >= 4 is 81.9 Å². The first-order valence-corrected chi connectivity index (χ1v) is 21.4. The molecule has 0 spiro atoms. The zero-order valence-corrected chi connectivity index (χ0v) is 34.3. The second kappa shape index (κ2) is 14.6. The maximum Gasteiger partial charge on any atom is 0.135 e. The lowest BCUT2D eigenvalue weighted by Crippen LogP contribution is -1.92. The van der Waals surface area contributed by atoms with Crippen molar-refractivity contribution in [2.75, 3.05) is 0 Å². The Bertz CT molecular complexity index is 3800. The summed E-state index contributed by atoms with van der Waals surface area (Å²) in [6.07, 6.45) is 8.60. The number of fused-ring (bicyclic) bond motifs is 12. The molecule has 0 aliphatic heterocycles. The molecule has 62 heavy (non-hydrogen) atoms. The first-order valence-electron chi connectivity index (χ1n) is 21.4. The van der Waals surface area contributed by atoms with E-state index in [-0.39, 0.29) is 0 Å². The third kappa shape index (κ3) is 5.78. The van der Waals surface area contributed by atoms with E-state index in [9.17, 15) is 0 Å². The molecule has 1 nitrogen and oxygen atoms in total.